The van der Waals surface area contributed by atoms with Crippen LogP contribution in [-0.4, -0.2) is 79.3 Å². The van der Waals surface area contributed by atoms with Crippen molar-refractivity contribution in [2.75, 3.05) is 49.6 Å². The van der Waals surface area contributed by atoms with Gasteiger partial charge in [0, 0.05) is 58.9 Å². The van der Waals surface area contributed by atoms with E-state index in [1.807, 2.05) is 0 Å². The number of allylic oxidation sites excluding steroid dienone is 1. The van der Waals surface area contributed by atoms with Crippen molar-refractivity contribution in [2.24, 2.45) is 17.3 Å². The number of methoxy groups -OCH3 is 1. The standard InChI is InChI=1S/C40H46N4O2/c1-4-25-22-42-19-16-37-23-43-33-28(38-17-20-41-18-8-13-36(35(38)41)14-15-39(38,43)24(36)2)10-7-11-29(33)40(37)31(42)21-26(25)32(34(45)46-3)44(40)30-12-6-5-9-27(30)37/h4-7,9-12,24,26,31-32,35H,8,13-23H2,1-3H3/b25-4-/t24-,26+,31+,32+,35+,36+,37+,38-,39+,40-/m1/s1. The molecule has 46 heavy (non-hydrogen) atoms. The molecule has 0 aromatic heterocycles. The monoisotopic (exact) mass is 614 g/mol. The zero-order valence-electron chi connectivity index (χ0n) is 27.6. The van der Waals surface area contributed by atoms with Crippen LogP contribution in [0.15, 0.2) is 54.1 Å². The maximum Gasteiger partial charge on any atom is 0.329 e. The highest BCUT2D eigenvalue weighted by Gasteiger charge is 2.87. The summed E-state index contributed by atoms with van der Waals surface area (Å²) >= 11 is 0. The van der Waals surface area contributed by atoms with Gasteiger partial charge in [0.25, 0.3) is 0 Å². The van der Waals surface area contributed by atoms with Crippen LogP contribution in [0.1, 0.15) is 75.5 Å². The number of carbonyl (C=O) groups excluding carboxylic acids is 1. The Balaban J connectivity index is 1.20. The van der Waals surface area contributed by atoms with E-state index in [1.54, 1.807) is 18.4 Å². The first-order valence-corrected chi connectivity index (χ1v) is 18.5. The molecule has 4 bridgehead atoms. The van der Waals surface area contributed by atoms with Gasteiger partial charge in [0.2, 0.25) is 0 Å². The lowest BCUT2D eigenvalue weighted by atomic mass is 9.50. The van der Waals surface area contributed by atoms with Gasteiger partial charge in [-0.3, -0.25) is 9.80 Å². The van der Waals surface area contributed by atoms with E-state index in [1.165, 1.54) is 67.6 Å². The van der Waals surface area contributed by atoms with Gasteiger partial charge in [0.1, 0.15) is 6.04 Å². The van der Waals surface area contributed by atoms with Crippen molar-refractivity contribution in [1.29, 1.82) is 0 Å². The van der Waals surface area contributed by atoms with E-state index in [0.717, 1.165) is 32.5 Å². The van der Waals surface area contributed by atoms with Crippen molar-refractivity contribution < 1.29 is 9.53 Å². The van der Waals surface area contributed by atoms with Crippen LogP contribution in [0.5, 0.6) is 0 Å². The molecular formula is C40H46N4O2. The highest BCUT2D eigenvalue weighted by Crippen LogP contribution is 2.83. The van der Waals surface area contributed by atoms with Gasteiger partial charge in [-0.25, -0.2) is 4.79 Å². The quantitative estimate of drug-likeness (QED) is 0.319. The van der Waals surface area contributed by atoms with E-state index < -0.39 is 0 Å². The second-order valence-corrected chi connectivity index (χ2v) is 17.1. The number of esters is 1. The fourth-order valence-corrected chi connectivity index (χ4v) is 16.1. The van der Waals surface area contributed by atoms with Gasteiger partial charge < -0.3 is 14.5 Å². The smallest absolute Gasteiger partial charge is 0.329 e. The van der Waals surface area contributed by atoms with Crippen molar-refractivity contribution in [1.82, 2.24) is 9.80 Å². The third-order valence-corrected chi connectivity index (χ3v) is 17.0. The lowest BCUT2D eigenvalue weighted by molar-refractivity contribution is -0.148. The zero-order valence-corrected chi connectivity index (χ0v) is 27.6. The Hall–Kier alpha value is -2.83. The highest BCUT2D eigenvalue weighted by atomic mass is 16.5. The molecule has 2 aromatic carbocycles. The Morgan fingerprint density at radius 3 is 2.63 bits per heavy atom. The van der Waals surface area contributed by atoms with E-state index in [9.17, 15) is 4.79 Å². The van der Waals surface area contributed by atoms with Crippen LogP contribution in [-0.2, 0) is 25.9 Å². The van der Waals surface area contributed by atoms with Gasteiger partial charge in [-0.2, -0.15) is 0 Å². The zero-order chi connectivity index (χ0) is 30.6. The Morgan fingerprint density at radius 1 is 0.935 bits per heavy atom. The van der Waals surface area contributed by atoms with Crippen LogP contribution >= 0.6 is 0 Å². The molecule has 8 heterocycles. The minimum atomic E-state index is -0.311. The molecule has 0 N–H and O–H groups in total. The van der Waals surface area contributed by atoms with E-state index in [2.05, 4.69) is 82.0 Å². The van der Waals surface area contributed by atoms with Gasteiger partial charge in [0.05, 0.1) is 18.2 Å². The third-order valence-electron chi connectivity index (χ3n) is 17.0. The fraction of sp³-hybridized carbons (Fsp3) is 0.625. The van der Waals surface area contributed by atoms with Crippen LogP contribution in [0.25, 0.3) is 0 Å². The predicted octanol–water partition coefficient (Wildman–Crippen LogP) is 5.34. The number of piperidine rings is 4. The van der Waals surface area contributed by atoms with Gasteiger partial charge in [-0.1, -0.05) is 55.0 Å². The molecule has 5 saturated heterocycles. The molecule has 10 aliphatic rings. The fourth-order valence-electron chi connectivity index (χ4n) is 16.1. The second kappa shape index (κ2) is 7.73. The molecule has 10 atom stereocenters. The largest absolute Gasteiger partial charge is 0.467 e. The number of nitrogens with zero attached hydrogens (tertiary/aromatic N) is 4. The van der Waals surface area contributed by atoms with Gasteiger partial charge in [0.15, 0.2) is 0 Å². The number of ether oxygens (including phenoxy) is 1. The average Bonchev–Trinajstić information content (AvgIpc) is 3.82. The third kappa shape index (κ3) is 2.17. The first-order valence-electron chi connectivity index (χ1n) is 18.5. The van der Waals surface area contributed by atoms with Crippen LogP contribution in [0.4, 0.5) is 11.4 Å². The molecule has 4 spiro atoms. The van der Waals surface area contributed by atoms with Crippen LogP contribution in [0.2, 0.25) is 0 Å². The molecule has 2 aliphatic carbocycles. The Labute approximate surface area is 272 Å². The van der Waals surface area contributed by atoms with Crippen LogP contribution in [0, 0.1) is 17.3 Å². The number of hydrogen-bond donors (Lipinski definition) is 0. The molecule has 12 rings (SSSR count). The average molecular weight is 615 g/mol. The molecule has 6 heteroatoms. The molecule has 238 valence electrons. The topological polar surface area (TPSA) is 39.3 Å². The predicted molar refractivity (Wildman–Crippen MR) is 178 cm³/mol. The summed E-state index contributed by atoms with van der Waals surface area (Å²) in [5.74, 6) is 0.810. The summed E-state index contributed by atoms with van der Waals surface area (Å²) in [4.78, 5) is 25.9. The van der Waals surface area contributed by atoms with Gasteiger partial charge in [-0.15, -0.1) is 0 Å². The summed E-state index contributed by atoms with van der Waals surface area (Å²) in [6, 6.07) is 17.6. The SMILES string of the molecule is C/C=C1/CN2CC[C@@]34CN5c6c(cccc6[C@@]67CCN8CCC[C@@]9(CC[C@@]56[C@@H]9C)[C@H]87)[C@@]35[C@@H]2C[C@@H]1[C@@H](C(=O)OC)N5c1ccccc14. The Kier molecular flexibility index (Phi) is 4.40. The molecule has 0 amide bonds. The molecule has 2 saturated carbocycles. The number of para-hydroxylation sites is 2. The van der Waals surface area contributed by atoms with Crippen molar-refractivity contribution in [3.63, 3.8) is 0 Å². The molecule has 6 nitrogen and oxygen atoms in total. The van der Waals surface area contributed by atoms with Gasteiger partial charge in [-0.05, 0) is 100 Å². The van der Waals surface area contributed by atoms with Crippen LogP contribution < -0.4 is 9.80 Å². The summed E-state index contributed by atoms with van der Waals surface area (Å²) in [5.41, 5.74) is 9.51. The molecule has 7 fully saturated rings. The molecule has 8 aliphatic heterocycles. The first kappa shape index (κ1) is 26.2. The summed E-state index contributed by atoms with van der Waals surface area (Å²) < 4.78 is 5.77. The molecular weight excluding hydrogens is 568 g/mol. The number of fused-ring (bicyclic) bond motifs is 3. The lowest BCUT2D eigenvalue weighted by Crippen LogP contribution is -2.81. The normalized spacial score (nSPS) is 48.7. The van der Waals surface area contributed by atoms with E-state index in [0.29, 0.717) is 23.4 Å². The minimum absolute atomic E-state index is 0.0614. The maximum absolute atomic E-state index is 14.3. The number of benzene rings is 2. The summed E-state index contributed by atoms with van der Waals surface area (Å²) in [7, 11) is 1.61. The second-order valence-electron chi connectivity index (χ2n) is 17.1. The molecule has 0 unspecified atom stereocenters. The number of hydrogen-bond acceptors (Lipinski definition) is 6. The molecule has 2 aromatic rings. The van der Waals surface area contributed by atoms with E-state index in [4.69, 9.17) is 4.74 Å². The highest BCUT2D eigenvalue weighted by molar-refractivity contribution is 5.90. The van der Waals surface area contributed by atoms with E-state index in [-0.39, 0.29) is 39.8 Å². The Bertz CT molecular complexity index is 1820. The summed E-state index contributed by atoms with van der Waals surface area (Å²) in [6.45, 7) is 10.6. The molecule has 0 radical (unpaired) electrons. The number of anilines is 2. The number of rotatable bonds is 1. The number of carbonyl (C=O) groups is 1. The summed E-state index contributed by atoms with van der Waals surface area (Å²) in [5, 5.41) is 0. The first-order chi connectivity index (χ1) is 22.5. The van der Waals surface area contributed by atoms with E-state index >= 15 is 0 Å². The van der Waals surface area contributed by atoms with Crippen molar-refractivity contribution in [3.05, 3.63) is 70.8 Å². The van der Waals surface area contributed by atoms with Crippen LogP contribution in [0.3, 0.4) is 0 Å². The van der Waals surface area contributed by atoms with Crippen molar-refractivity contribution in [2.45, 2.75) is 98.8 Å². The Morgan fingerprint density at radius 2 is 1.76 bits per heavy atom. The summed E-state index contributed by atoms with van der Waals surface area (Å²) in [6.07, 6.45) is 11.3. The maximum atomic E-state index is 14.3. The lowest BCUT2D eigenvalue weighted by Gasteiger charge is -2.71. The minimum Gasteiger partial charge on any atom is -0.467 e. The van der Waals surface area contributed by atoms with Crippen molar-refractivity contribution in [3.8, 4) is 0 Å². The van der Waals surface area contributed by atoms with Crippen molar-refractivity contribution >= 4 is 17.3 Å². The van der Waals surface area contributed by atoms with Gasteiger partial charge >= 0.3 is 5.97 Å².